The van der Waals surface area contributed by atoms with Crippen molar-refractivity contribution < 1.29 is 13.9 Å². The molecule has 1 heterocycles. The van der Waals surface area contributed by atoms with Gasteiger partial charge in [0, 0.05) is 31.1 Å². The molecule has 3 rings (SSSR count). The van der Waals surface area contributed by atoms with E-state index in [1.165, 1.54) is 23.4 Å². The predicted molar refractivity (Wildman–Crippen MR) is 102 cm³/mol. The smallest absolute Gasteiger partial charge is 0.230 e. The van der Waals surface area contributed by atoms with Crippen molar-refractivity contribution in [1.82, 2.24) is 10.2 Å². The lowest BCUT2D eigenvalue weighted by atomic mass is 10.2. The second kappa shape index (κ2) is 9.71. The first kappa shape index (κ1) is 18.9. The molecule has 138 valence electrons. The fourth-order valence-corrected chi connectivity index (χ4v) is 3.64. The van der Waals surface area contributed by atoms with E-state index in [0.717, 1.165) is 19.6 Å². The van der Waals surface area contributed by atoms with E-state index in [9.17, 15) is 9.18 Å². The first-order valence-electron chi connectivity index (χ1n) is 8.72. The molecule has 6 heteroatoms. The van der Waals surface area contributed by atoms with E-state index in [2.05, 4.69) is 22.3 Å². The molecule has 2 aromatic rings. The highest BCUT2D eigenvalue weighted by molar-refractivity contribution is 8.00. The minimum absolute atomic E-state index is 0.0186. The molecule has 1 amide bonds. The SMILES string of the molecule is O=C(CSc1ccccc1F)NCC1CN(Cc2ccccc2)CCO1. The topological polar surface area (TPSA) is 41.6 Å². The summed E-state index contributed by atoms with van der Waals surface area (Å²) in [6.07, 6.45) is -0.0186. The van der Waals surface area contributed by atoms with Crippen LogP contribution in [0.5, 0.6) is 0 Å². The summed E-state index contributed by atoms with van der Waals surface area (Å²) in [5, 5.41) is 2.89. The summed E-state index contributed by atoms with van der Waals surface area (Å²) in [5.74, 6) is -0.207. The molecule has 1 atom stereocenters. The largest absolute Gasteiger partial charge is 0.374 e. The molecule has 0 bridgehead atoms. The third kappa shape index (κ3) is 5.83. The van der Waals surface area contributed by atoms with E-state index in [4.69, 9.17) is 4.74 Å². The van der Waals surface area contributed by atoms with Crippen LogP contribution in [0, 0.1) is 5.82 Å². The van der Waals surface area contributed by atoms with Gasteiger partial charge in [-0.25, -0.2) is 4.39 Å². The van der Waals surface area contributed by atoms with E-state index in [1.807, 2.05) is 18.2 Å². The van der Waals surface area contributed by atoms with Crippen LogP contribution in [0.3, 0.4) is 0 Å². The molecule has 0 saturated carbocycles. The molecule has 1 aliphatic rings. The Morgan fingerprint density at radius 3 is 2.77 bits per heavy atom. The van der Waals surface area contributed by atoms with Gasteiger partial charge < -0.3 is 10.1 Å². The minimum Gasteiger partial charge on any atom is -0.374 e. The number of hydrogen-bond donors (Lipinski definition) is 1. The third-order valence-corrected chi connectivity index (χ3v) is 5.24. The van der Waals surface area contributed by atoms with Gasteiger partial charge in [-0.15, -0.1) is 11.8 Å². The highest BCUT2D eigenvalue weighted by atomic mass is 32.2. The molecule has 26 heavy (non-hydrogen) atoms. The van der Waals surface area contributed by atoms with Gasteiger partial charge in [0.25, 0.3) is 0 Å². The van der Waals surface area contributed by atoms with Gasteiger partial charge in [0.05, 0.1) is 18.5 Å². The van der Waals surface area contributed by atoms with Crippen LogP contribution in [-0.2, 0) is 16.1 Å². The van der Waals surface area contributed by atoms with Gasteiger partial charge in [-0.2, -0.15) is 0 Å². The van der Waals surface area contributed by atoms with Gasteiger partial charge in [0.2, 0.25) is 5.91 Å². The fraction of sp³-hybridized carbons (Fsp3) is 0.350. The molecule has 4 nitrogen and oxygen atoms in total. The Morgan fingerprint density at radius 1 is 1.19 bits per heavy atom. The highest BCUT2D eigenvalue weighted by Gasteiger charge is 2.21. The van der Waals surface area contributed by atoms with Crippen molar-refractivity contribution in [2.75, 3.05) is 32.0 Å². The van der Waals surface area contributed by atoms with E-state index < -0.39 is 0 Å². The lowest BCUT2D eigenvalue weighted by Crippen LogP contribution is -2.47. The number of rotatable bonds is 7. The van der Waals surface area contributed by atoms with Crippen LogP contribution in [-0.4, -0.2) is 48.9 Å². The van der Waals surface area contributed by atoms with Gasteiger partial charge in [0.15, 0.2) is 0 Å². The average molecular weight is 374 g/mol. The van der Waals surface area contributed by atoms with Crippen LogP contribution in [0.1, 0.15) is 5.56 Å². The van der Waals surface area contributed by atoms with Crippen LogP contribution in [0.2, 0.25) is 0 Å². The Balaban J connectivity index is 1.39. The zero-order valence-corrected chi connectivity index (χ0v) is 15.4. The van der Waals surface area contributed by atoms with Gasteiger partial charge in [0.1, 0.15) is 5.82 Å². The maximum absolute atomic E-state index is 13.6. The van der Waals surface area contributed by atoms with Crippen molar-refractivity contribution in [3.63, 3.8) is 0 Å². The molecule has 0 radical (unpaired) electrons. The lowest BCUT2D eigenvalue weighted by Gasteiger charge is -2.33. The van der Waals surface area contributed by atoms with Crippen LogP contribution < -0.4 is 5.32 Å². The number of benzene rings is 2. The zero-order chi connectivity index (χ0) is 18.2. The van der Waals surface area contributed by atoms with Crippen molar-refractivity contribution in [1.29, 1.82) is 0 Å². The molecular weight excluding hydrogens is 351 g/mol. The molecule has 1 unspecified atom stereocenters. The molecule has 1 saturated heterocycles. The Hall–Kier alpha value is -1.89. The Bertz CT molecular complexity index is 714. The summed E-state index contributed by atoms with van der Waals surface area (Å²) >= 11 is 1.21. The van der Waals surface area contributed by atoms with Gasteiger partial charge in [-0.1, -0.05) is 42.5 Å². The van der Waals surface area contributed by atoms with Gasteiger partial charge in [-0.05, 0) is 17.7 Å². The molecule has 2 aromatic carbocycles. The Morgan fingerprint density at radius 2 is 1.96 bits per heavy atom. The summed E-state index contributed by atoms with van der Waals surface area (Å²) in [6, 6.07) is 16.8. The maximum atomic E-state index is 13.6. The number of amides is 1. The van der Waals surface area contributed by atoms with Crippen molar-refractivity contribution >= 4 is 17.7 Å². The number of carbonyl (C=O) groups excluding carboxylic acids is 1. The van der Waals surface area contributed by atoms with Crippen LogP contribution in [0.15, 0.2) is 59.5 Å². The number of halogens is 1. The van der Waals surface area contributed by atoms with Crippen molar-refractivity contribution in [2.45, 2.75) is 17.5 Å². The number of thioether (sulfide) groups is 1. The van der Waals surface area contributed by atoms with E-state index in [0.29, 0.717) is 18.0 Å². The number of carbonyl (C=O) groups is 1. The van der Waals surface area contributed by atoms with E-state index >= 15 is 0 Å². The maximum Gasteiger partial charge on any atom is 0.230 e. The Labute approximate surface area is 157 Å². The second-order valence-corrected chi connectivity index (χ2v) is 7.25. The standard InChI is InChI=1S/C20H23FN2O2S/c21-18-8-4-5-9-19(18)26-15-20(24)22-12-17-14-23(10-11-25-17)13-16-6-2-1-3-7-16/h1-9,17H,10-15H2,(H,22,24). The monoisotopic (exact) mass is 374 g/mol. The van der Waals surface area contributed by atoms with E-state index in [1.54, 1.807) is 18.2 Å². The van der Waals surface area contributed by atoms with Crippen LogP contribution >= 0.6 is 11.8 Å². The summed E-state index contributed by atoms with van der Waals surface area (Å²) in [5.41, 5.74) is 1.28. The summed E-state index contributed by atoms with van der Waals surface area (Å²) in [7, 11) is 0. The summed E-state index contributed by atoms with van der Waals surface area (Å²) in [6.45, 7) is 3.70. The van der Waals surface area contributed by atoms with E-state index in [-0.39, 0.29) is 23.6 Å². The van der Waals surface area contributed by atoms with Crippen molar-refractivity contribution in [2.24, 2.45) is 0 Å². The molecule has 0 aromatic heterocycles. The average Bonchev–Trinajstić information content (AvgIpc) is 2.67. The van der Waals surface area contributed by atoms with Crippen LogP contribution in [0.25, 0.3) is 0 Å². The fourth-order valence-electron chi connectivity index (χ4n) is 2.87. The first-order valence-corrected chi connectivity index (χ1v) is 9.71. The quantitative estimate of drug-likeness (QED) is 0.757. The molecule has 0 spiro atoms. The lowest BCUT2D eigenvalue weighted by molar-refractivity contribution is -0.119. The summed E-state index contributed by atoms with van der Waals surface area (Å²) < 4.78 is 19.3. The minimum atomic E-state index is -0.294. The Kier molecular flexibility index (Phi) is 7.05. The number of morpholine rings is 1. The van der Waals surface area contributed by atoms with Gasteiger partial charge in [-0.3, -0.25) is 9.69 Å². The number of nitrogens with zero attached hydrogens (tertiary/aromatic N) is 1. The number of nitrogens with one attached hydrogen (secondary N) is 1. The molecule has 1 fully saturated rings. The third-order valence-electron chi connectivity index (χ3n) is 4.19. The summed E-state index contributed by atoms with van der Waals surface area (Å²) in [4.78, 5) is 14.8. The second-order valence-electron chi connectivity index (χ2n) is 6.24. The van der Waals surface area contributed by atoms with Crippen molar-refractivity contribution in [3.8, 4) is 0 Å². The predicted octanol–water partition coefficient (Wildman–Crippen LogP) is 2.94. The highest BCUT2D eigenvalue weighted by Crippen LogP contribution is 2.20. The molecule has 1 aliphatic heterocycles. The number of hydrogen-bond acceptors (Lipinski definition) is 4. The molecular formula is C20H23FN2O2S. The van der Waals surface area contributed by atoms with Crippen molar-refractivity contribution in [3.05, 3.63) is 66.0 Å². The first-order chi connectivity index (χ1) is 12.7. The van der Waals surface area contributed by atoms with Gasteiger partial charge >= 0.3 is 0 Å². The molecule has 0 aliphatic carbocycles. The zero-order valence-electron chi connectivity index (χ0n) is 14.6. The molecule has 1 N–H and O–H groups in total. The normalized spacial score (nSPS) is 17.8. The number of ether oxygens (including phenoxy) is 1. The van der Waals surface area contributed by atoms with Crippen LogP contribution in [0.4, 0.5) is 4.39 Å².